The van der Waals surface area contributed by atoms with Crippen molar-refractivity contribution in [3.63, 3.8) is 0 Å². The van der Waals surface area contributed by atoms with Crippen LogP contribution in [0.3, 0.4) is 0 Å². The highest BCUT2D eigenvalue weighted by molar-refractivity contribution is 7.22. The second kappa shape index (κ2) is 12.2. The molecule has 1 heterocycles. The van der Waals surface area contributed by atoms with Crippen molar-refractivity contribution >= 4 is 56.6 Å². The summed E-state index contributed by atoms with van der Waals surface area (Å²) < 4.78 is 6.74. The lowest BCUT2D eigenvalue weighted by Gasteiger charge is -2.25. The summed E-state index contributed by atoms with van der Waals surface area (Å²) in [6.07, 6.45) is 0.242. The van der Waals surface area contributed by atoms with Crippen LogP contribution in [0.25, 0.3) is 10.2 Å². The number of para-hydroxylation sites is 1. The van der Waals surface area contributed by atoms with Gasteiger partial charge < -0.3 is 9.64 Å². The summed E-state index contributed by atoms with van der Waals surface area (Å²) in [7, 11) is 0. The molecule has 0 saturated carbocycles. The van der Waals surface area contributed by atoms with Crippen LogP contribution in [-0.4, -0.2) is 48.6 Å². The molecule has 0 bridgehead atoms. The van der Waals surface area contributed by atoms with E-state index in [4.69, 9.17) is 21.3 Å². The fourth-order valence-corrected chi connectivity index (χ4v) is 4.54. The number of likely N-dealkylation sites (N-methyl/N-ethyl adjacent to an activating group) is 1. The molecule has 31 heavy (non-hydrogen) atoms. The molecule has 8 heteroatoms. The first-order valence-corrected chi connectivity index (χ1v) is 11.5. The minimum absolute atomic E-state index is 0. The van der Waals surface area contributed by atoms with Crippen LogP contribution in [0.1, 0.15) is 26.3 Å². The molecule has 0 aliphatic heterocycles. The maximum Gasteiger partial charge on any atom is 0.233 e. The largest absolute Gasteiger partial charge is 0.492 e. The number of benzene rings is 2. The van der Waals surface area contributed by atoms with Gasteiger partial charge in [-0.05, 0) is 43.8 Å². The molecule has 1 amide bonds. The topological polar surface area (TPSA) is 45.7 Å². The molecular weight excluding hydrogens is 453 g/mol. The van der Waals surface area contributed by atoms with Crippen LogP contribution < -0.4 is 9.64 Å². The van der Waals surface area contributed by atoms with Gasteiger partial charge in [0.15, 0.2) is 5.13 Å². The van der Waals surface area contributed by atoms with Crippen molar-refractivity contribution in [3.05, 3.63) is 53.1 Å². The van der Waals surface area contributed by atoms with Crippen molar-refractivity contribution in [1.29, 1.82) is 0 Å². The Hall–Kier alpha value is -1.86. The Balaban J connectivity index is 0.00000341. The molecule has 0 atom stereocenters. The quantitative estimate of drug-likeness (QED) is 0.373. The molecule has 3 rings (SSSR count). The molecule has 2 aromatic carbocycles. The van der Waals surface area contributed by atoms with Gasteiger partial charge in [0, 0.05) is 18.1 Å². The molecule has 1 aromatic heterocycles. The highest BCUT2D eigenvalue weighted by Crippen LogP contribution is 2.34. The maximum atomic E-state index is 13.3. The number of carbonyl (C=O) groups is 1. The van der Waals surface area contributed by atoms with Crippen molar-refractivity contribution in [1.82, 2.24) is 9.88 Å². The molecule has 3 aromatic rings. The first-order chi connectivity index (χ1) is 14.6. The Kier molecular flexibility index (Phi) is 10.0. The number of halogens is 2. The van der Waals surface area contributed by atoms with Crippen molar-refractivity contribution in [2.24, 2.45) is 0 Å². The average molecular weight is 482 g/mol. The molecular formula is C23H29Cl2N3O2S. The first-order valence-electron chi connectivity index (χ1n) is 10.4. The first kappa shape index (κ1) is 25.4. The zero-order valence-electron chi connectivity index (χ0n) is 18.1. The van der Waals surface area contributed by atoms with E-state index in [-0.39, 0.29) is 24.7 Å². The van der Waals surface area contributed by atoms with Gasteiger partial charge in [-0.25, -0.2) is 4.98 Å². The van der Waals surface area contributed by atoms with Crippen molar-refractivity contribution in [2.75, 3.05) is 37.7 Å². The van der Waals surface area contributed by atoms with Gasteiger partial charge >= 0.3 is 0 Å². The second-order valence-electron chi connectivity index (χ2n) is 6.87. The number of carbonyl (C=O) groups excluding carboxylic acids is 1. The Morgan fingerprint density at radius 3 is 2.48 bits per heavy atom. The number of hydrogen-bond acceptors (Lipinski definition) is 5. The van der Waals surface area contributed by atoms with Gasteiger partial charge in [0.1, 0.15) is 11.3 Å². The third-order valence-corrected chi connectivity index (χ3v) is 6.45. The third kappa shape index (κ3) is 6.32. The average Bonchev–Trinajstić information content (AvgIpc) is 3.18. The molecule has 0 aliphatic rings. The third-order valence-electron chi connectivity index (χ3n) is 5.04. The number of hydrogen-bond donors (Lipinski definition) is 0. The maximum absolute atomic E-state index is 13.3. The van der Waals surface area contributed by atoms with Gasteiger partial charge in [-0.3, -0.25) is 9.69 Å². The Morgan fingerprint density at radius 1 is 1.06 bits per heavy atom. The molecule has 0 radical (unpaired) electrons. The lowest BCUT2D eigenvalue weighted by atomic mass is 10.1. The van der Waals surface area contributed by atoms with Crippen molar-refractivity contribution in [2.45, 2.75) is 27.2 Å². The van der Waals surface area contributed by atoms with Crippen LogP contribution in [0.15, 0.2) is 42.5 Å². The van der Waals surface area contributed by atoms with Crippen LogP contribution in [0.4, 0.5) is 5.13 Å². The van der Waals surface area contributed by atoms with Crippen LogP contribution >= 0.6 is 35.3 Å². The van der Waals surface area contributed by atoms with Gasteiger partial charge in [-0.2, -0.15) is 0 Å². The number of thiazole rings is 1. The Bertz CT molecular complexity index is 992. The summed E-state index contributed by atoms with van der Waals surface area (Å²) in [4.78, 5) is 22.2. The Morgan fingerprint density at radius 2 is 1.81 bits per heavy atom. The van der Waals surface area contributed by atoms with Crippen LogP contribution in [0.2, 0.25) is 5.02 Å². The molecule has 0 spiro atoms. The lowest BCUT2D eigenvalue weighted by Crippen LogP contribution is -2.39. The summed E-state index contributed by atoms with van der Waals surface area (Å²) in [6, 6.07) is 13.4. The van der Waals surface area contributed by atoms with Crippen molar-refractivity contribution < 1.29 is 9.53 Å². The highest BCUT2D eigenvalue weighted by Gasteiger charge is 2.22. The summed E-state index contributed by atoms with van der Waals surface area (Å²) in [5, 5.41) is 1.30. The van der Waals surface area contributed by atoms with Crippen LogP contribution in [0.5, 0.6) is 5.75 Å². The van der Waals surface area contributed by atoms with Gasteiger partial charge in [0.05, 0.1) is 17.7 Å². The standard InChI is InChI=1S/C23H28ClN3O2S.ClH/c1-4-26(5-2)14-15-27(21(28)16-17-10-7-8-11-18(17)24)23-25-22-19(29-6-3)12-9-13-20(22)30-23;/h7-13H,4-6,14-16H2,1-3H3;1H. The van der Waals surface area contributed by atoms with E-state index in [1.165, 1.54) is 11.3 Å². The molecule has 168 valence electrons. The summed E-state index contributed by atoms with van der Waals surface area (Å²) in [5.74, 6) is 0.743. The summed E-state index contributed by atoms with van der Waals surface area (Å²) >= 11 is 7.82. The number of aromatic nitrogens is 1. The predicted molar refractivity (Wildman–Crippen MR) is 133 cm³/mol. The van der Waals surface area contributed by atoms with E-state index >= 15 is 0 Å². The number of fused-ring (bicyclic) bond motifs is 1. The highest BCUT2D eigenvalue weighted by atomic mass is 35.5. The van der Waals surface area contributed by atoms with E-state index in [0.717, 1.165) is 41.2 Å². The van der Waals surface area contributed by atoms with E-state index in [1.807, 2.05) is 49.4 Å². The lowest BCUT2D eigenvalue weighted by molar-refractivity contribution is -0.118. The fraction of sp³-hybridized carbons (Fsp3) is 0.391. The predicted octanol–water partition coefficient (Wildman–Crippen LogP) is 5.69. The SMILES string of the molecule is CCOc1cccc2sc(N(CCN(CC)CC)C(=O)Cc3ccccc3Cl)nc12.Cl. The van der Waals surface area contributed by atoms with E-state index in [0.29, 0.717) is 23.3 Å². The molecule has 5 nitrogen and oxygen atoms in total. The van der Waals surface area contributed by atoms with Gasteiger partial charge in [-0.1, -0.05) is 61.1 Å². The van der Waals surface area contributed by atoms with Gasteiger partial charge in [0.2, 0.25) is 5.91 Å². The smallest absolute Gasteiger partial charge is 0.233 e. The van der Waals surface area contributed by atoms with Crippen molar-refractivity contribution in [3.8, 4) is 5.75 Å². The molecule has 0 unspecified atom stereocenters. The summed E-state index contributed by atoms with van der Waals surface area (Å²) in [5.41, 5.74) is 1.63. The Labute approximate surface area is 199 Å². The molecule has 0 N–H and O–H groups in total. The zero-order valence-corrected chi connectivity index (χ0v) is 20.5. The number of ether oxygens (including phenoxy) is 1. The summed E-state index contributed by atoms with van der Waals surface area (Å²) in [6.45, 7) is 10.0. The van der Waals surface area contributed by atoms with Gasteiger partial charge in [0.25, 0.3) is 0 Å². The molecule has 0 fully saturated rings. The normalized spacial score (nSPS) is 10.9. The number of nitrogens with zero attached hydrogens (tertiary/aromatic N) is 3. The fourth-order valence-electron chi connectivity index (χ4n) is 3.31. The number of anilines is 1. The van der Waals surface area contributed by atoms with Crippen LogP contribution in [0, 0.1) is 0 Å². The zero-order chi connectivity index (χ0) is 21.5. The van der Waals surface area contributed by atoms with Gasteiger partial charge in [-0.15, -0.1) is 12.4 Å². The minimum atomic E-state index is -0.00716. The van der Waals surface area contributed by atoms with E-state index < -0.39 is 0 Å². The minimum Gasteiger partial charge on any atom is -0.492 e. The molecule has 0 aliphatic carbocycles. The van der Waals surface area contributed by atoms with Crippen LogP contribution in [-0.2, 0) is 11.2 Å². The molecule has 0 saturated heterocycles. The van der Waals surface area contributed by atoms with E-state index in [2.05, 4.69) is 18.7 Å². The van der Waals surface area contributed by atoms with E-state index in [9.17, 15) is 4.79 Å². The number of amides is 1. The van der Waals surface area contributed by atoms with E-state index in [1.54, 1.807) is 4.90 Å². The number of rotatable bonds is 10. The monoisotopic (exact) mass is 481 g/mol. The second-order valence-corrected chi connectivity index (χ2v) is 8.29.